The van der Waals surface area contributed by atoms with Crippen molar-refractivity contribution >= 4 is 27.3 Å². The SMILES string of the molecule is Cc1cc(C#N)cc(C)c1Oc1cc(Cl)nc(NC2CCN(Cc3ccc(S(C)(=O)=O)cc3)CC2)c1. The fraction of sp³-hybridized carbons (Fsp3) is 0.333. The number of hydrogen-bond donors (Lipinski definition) is 1. The van der Waals surface area contributed by atoms with Crippen LogP contribution in [0.1, 0.15) is 35.1 Å². The maximum atomic E-state index is 11.7. The normalized spacial score (nSPS) is 14.9. The zero-order valence-corrected chi connectivity index (χ0v) is 22.2. The molecule has 0 atom stereocenters. The van der Waals surface area contributed by atoms with E-state index in [1.54, 1.807) is 30.3 Å². The average molecular weight is 525 g/mol. The van der Waals surface area contributed by atoms with E-state index in [0.29, 0.717) is 32.9 Å². The third-order valence-electron chi connectivity index (χ3n) is 6.27. The zero-order valence-electron chi connectivity index (χ0n) is 20.6. The highest BCUT2D eigenvalue weighted by atomic mass is 35.5. The van der Waals surface area contributed by atoms with Crippen LogP contribution in [0.25, 0.3) is 0 Å². The van der Waals surface area contributed by atoms with E-state index in [0.717, 1.165) is 49.2 Å². The van der Waals surface area contributed by atoms with Gasteiger partial charge in [-0.15, -0.1) is 0 Å². The first-order chi connectivity index (χ1) is 17.1. The Morgan fingerprint density at radius 3 is 2.33 bits per heavy atom. The minimum atomic E-state index is -3.18. The summed E-state index contributed by atoms with van der Waals surface area (Å²) in [5, 5.41) is 13.0. The van der Waals surface area contributed by atoms with Crippen LogP contribution in [-0.4, -0.2) is 43.7 Å². The van der Waals surface area contributed by atoms with Crippen LogP contribution in [-0.2, 0) is 16.4 Å². The number of nitriles is 1. The predicted molar refractivity (Wildman–Crippen MR) is 141 cm³/mol. The number of halogens is 1. The summed E-state index contributed by atoms with van der Waals surface area (Å²) in [5.74, 6) is 1.96. The number of aryl methyl sites for hydroxylation is 2. The lowest BCUT2D eigenvalue weighted by Crippen LogP contribution is -2.38. The Hall–Kier alpha value is -3.12. The van der Waals surface area contributed by atoms with Crippen molar-refractivity contribution in [3.05, 3.63) is 75.9 Å². The Morgan fingerprint density at radius 2 is 1.75 bits per heavy atom. The lowest BCUT2D eigenvalue weighted by molar-refractivity contribution is 0.211. The van der Waals surface area contributed by atoms with Crippen molar-refractivity contribution in [2.75, 3.05) is 24.7 Å². The van der Waals surface area contributed by atoms with Crippen LogP contribution in [0.2, 0.25) is 5.15 Å². The van der Waals surface area contributed by atoms with Crippen LogP contribution in [0.15, 0.2) is 53.4 Å². The zero-order chi connectivity index (χ0) is 25.9. The standard InChI is InChI=1S/C27H29ClN4O3S/c1-18-12-21(16-29)13-19(2)27(18)35-23-14-25(28)31-26(15-23)30-22-8-10-32(11-9-22)17-20-4-6-24(7-5-20)36(3,33)34/h4-7,12-15,22H,8-11,17H2,1-3H3,(H,30,31). The van der Waals surface area contributed by atoms with Gasteiger partial charge in [0.05, 0.1) is 16.5 Å². The van der Waals surface area contributed by atoms with E-state index in [1.807, 2.05) is 32.0 Å². The molecule has 2 aromatic carbocycles. The van der Waals surface area contributed by atoms with Crippen molar-refractivity contribution in [3.63, 3.8) is 0 Å². The van der Waals surface area contributed by atoms with E-state index in [1.165, 1.54) is 6.26 Å². The summed E-state index contributed by atoms with van der Waals surface area (Å²) in [7, 11) is -3.18. The third kappa shape index (κ3) is 6.55. The number of pyridine rings is 1. The van der Waals surface area contributed by atoms with Crippen molar-refractivity contribution in [3.8, 4) is 17.6 Å². The van der Waals surface area contributed by atoms with Gasteiger partial charge in [-0.2, -0.15) is 5.26 Å². The Balaban J connectivity index is 1.36. The summed E-state index contributed by atoms with van der Waals surface area (Å²) in [6.07, 6.45) is 3.11. The molecule has 0 aliphatic carbocycles. The number of nitrogens with zero attached hydrogens (tertiary/aromatic N) is 3. The number of aromatic nitrogens is 1. The Kier molecular flexibility index (Phi) is 7.84. The van der Waals surface area contributed by atoms with Crippen LogP contribution in [0.5, 0.6) is 11.5 Å². The molecule has 9 heteroatoms. The van der Waals surface area contributed by atoms with Crippen molar-refractivity contribution in [1.82, 2.24) is 9.88 Å². The Labute approximate surface area is 217 Å². The van der Waals surface area contributed by atoms with Gasteiger partial charge in [0.1, 0.15) is 22.5 Å². The van der Waals surface area contributed by atoms with E-state index in [9.17, 15) is 13.7 Å². The molecule has 7 nitrogen and oxygen atoms in total. The molecule has 188 valence electrons. The molecule has 1 saturated heterocycles. The lowest BCUT2D eigenvalue weighted by atomic mass is 10.0. The monoisotopic (exact) mass is 524 g/mol. The second kappa shape index (κ2) is 10.9. The number of anilines is 1. The molecular weight excluding hydrogens is 496 g/mol. The first-order valence-electron chi connectivity index (χ1n) is 11.8. The Morgan fingerprint density at radius 1 is 1.11 bits per heavy atom. The van der Waals surface area contributed by atoms with E-state index in [-0.39, 0.29) is 6.04 Å². The number of benzene rings is 2. The van der Waals surface area contributed by atoms with Gasteiger partial charge in [0.25, 0.3) is 0 Å². The number of ether oxygens (including phenoxy) is 1. The molecule has 0 amide bonds. The topological polar surface area (TPSA) is 95.3 Å². The fourth-order valence-electron chi connectivity index (χ4n) is 4.44. The van der Waals surface area contributed by atoms with Gasteiger partial charge in [0, 0.05) is 44.1 Å². The molecule has 36 heavy (non-hydrogen) atoms. The molecule has 0 spiro atoms. The molecule has 1 aliphatic rings. The fourth-order valence-corrected chi connectivity index (χ4v) is 5.27. The van der Waals surface area contributed by atoms with Gasteiger partial charge in [-0.25, -0.2) is 13.4 Å². The van der Waals surface area contributed by atoms with Crippen LogP contribution in [0.3, 0.4) is 0 Å². The molecule has 4 rings (SSSR count). The molecule has 0 radical (unpaired) electrons. The average Bonchev–Trinajstić information content (AvgIpc) is 2.82. The molecular formula is C27H29ClN4O3S. The van der Waals surface area contributed by atoms with Crippen molar-refractivity contribution in [2.24, 2.45) is 0 Å². The summed E-state index contributed by atoms with van der Waals surface area (Å²) in [6.45, 7) is 6.45. The quantitative estimate of drug-likeness (QED) is 0.408. The summed E-state index contributed by atoms with van der Waals surface area (Å²) >= 11 is 6.29. The van der Waals surface area contributed by atoms with Crippen molar-refractivity contribution < 1.29 is 13.2 Å². The van der Waals surface area contributed by atoms with Gasteiger partial charge in [-0.05, 0) is 67.6 Å². The first-order valence-corrected chi connectivity index (χ1v) is 14.0. The van der Waals surface area contributed by atoms with E-state index < -0.39 is 9.84 Å². The summed E-state index contributed by atoms with van der Waals surface area (Å²) in [6, 6.07) is 16.7. The second-order valence-electron chi connectivity index (χ2n) is 9.27. The lowest BCUT2D eigenvalue weighted by Gasteiger charge is -2.32. The number of sulfone groups is 1. The van der Waals surface area contributed by atoms with Gasteiger partial charge < -0.3 is 10.1 Å². The number of nitrogens with one attached hydrogen (secondary N) is 1. The van der Waals surface area contributed by atoms with Gasteiger partial charge >= 0.3 is 0 Å². The van der Waals surface area contributed by atoms with E-state index in [2.05, 4.69) is 21.3 Å². The molecule has 1 N–H and O–H groups in total. The molecule has 3 aromatic rings. The smallest absolute Gasteiger partial charge is 0.175 e. The van der Waals surface area contributed by atoms with Gasteiger partial charge in [-0.3, -0.25) is 4.90 Å². The summed E-state index contributed by atoms with van der Waals surface area (Å²) in [5.41, 5.74) is 3.46. The highest BCUT2D eigenvalue weighted by molar-refractivity contribution is 7.90. The molecule has 1 aliphatic heterocycles. The highest BCUT2D eigenvalue weighted by Gasteiger charge is 2.20. The van der Waals surface area contributed by atoms with Gasteiger partial charge in [-0.1, -0.05) is 23.7 Å². The Bertz CT molecular complexity index is 1370. The predicted octanol–water partition coefficient (Wildman–Crippen LogP) is 5.50. The molecule has 1 aromatic heterocycles. The third-order valence-corrected chi connectivity index (χ3v) is 7.60. The van der Waals surface area contributed by atoms with Crippen LogP contribution in [0.4, 0.5) is 5.82 Å². The minimum absolute atomic E-state index is 0.256. The molecule has 0 unspecified atom stereocenters. The number of likely N-dealkylation sites (tertiary alicyclic amines) is 1. The minimum Gasteiger partial charge on any atom is -0.457 e. The molecule has 0 bridgehead atoms. The second-order valence-corrected chi connectivity index (χ2v) is 11.7. The highest BCUT2D eigenvalue weighted by Crippen LogP contribution is 2.32. The van der Waals surface area contributed by atoms with Gasteiger partial charge in [0.2, 0.25) is 0 Å². The summed E-state index contributed by atoms with van der Waals surface area (Å²) in [4.78, 5) is 7.13. The molecule has 1 fully saturated rings. The number of piperidine rings is 1. The van der Waals surface area contributed by atoms with E-state index >= 15 is 0 Å². The van der Waals surface area contributed by atoms with Crippen molar-refractivity contribution in [2.45, 2.75) is 44.2 Å². The van der Waals surface area contributed by atoms with E-state index in [4.69, 9.17) is 16.3 Å². The molecule has 0 saturated carbocycles. The van der Waals surface area contributed by atoms with Crippen LogP contribution < -0.4 is 10.1 Å². The van der Waals surface area contributed by atoms with Crippen molar-refractivity contribution in [1.29, 1.82) is 5.26 Å². The van der Waals surface area contributed by atoms with Crippen LogP contribution in [0, 0.1) is 25.2 Å². The summed E-state index contributed by atoms with van der Waals surface area (Å²) < 4.78 is 29.5. The maximum Gasteiger partial charge on any atom is 0.175 e. The van der Waals surface area contributed by atoms with Gasteiger partial charge in [0.15, 0.2) is 9.84 Å². The van der Waals surface area contributed by atoms with Crippen LogP contribution >= 0.6 is 11.6 Å². The number of rotatable bonds is 7. The molecule has 2 heterocycles. The first kappa shape index (κ1) is 26.0. The maximum absolute atomic E-state index is 11.7. The number of hydrogen-bond acceptors (Lipinski definition) is 7. The largest absolute Gasteiger partial charge is 0.457 e.